The molecule has 2 aromatic carbocycles. The number of hydrogen-bond donors (Lipinski definition) is 2. The van der Waals surface area contributed by atoms with E-state index in [1.807, 2.05) is 29.2 Å². The molecule has 0 unspecified atom stereocenters. The first-order valence-electron chi connectivity index (χ1n) is 11.0. The summed E-state index contributed by atoms with van der Waals surface area (Å²) in [5, 5.41) is 3.62. The molecule has 1 aromatic heterocycles. The number of ether oxygens (including phenoxy) is 1. The van der Waals surface area contributed by atoms with Crippen molar-refractivity contribution < 1.29 is 13.9 Å². The Labute approximate surface area is 207 Å². The number of piperazine rings is 1. The van der Waals surface area contributed by atoms with Crippen LogP contribution in [0, 0.1) is 5.82 Å². The second-order valence-corrected chi connectivity index (χ2v) is 8.82. The maximum absolute atomic E-state index is 13.7. The fourth-order valence-corrected chi connectivity index (χ4v) is 4.37. The minimum absolute atomic E-state index is 0.00790. The van der Waals surface area contributed by atoms with Crippen LogP contribution < -0.4 is 15.8 Å². The molecule has 0 bridgehead atoms. The average Bonchev–Trinajstić information content (AvgIpc) is 2.86. The first-order chi connectivity index (χ1) is 16.4. The summed E-state index contributed by atoms with van der Waals surface area (Å²) in [7, 11) is 0. The SMILES string of the molecule is Nc1ncc(-c2ccc(CC(=O)N3CCNCC3)cc2)cc1OCCc1c(Cl)ccc(F)c1Cl. The van der Waals surface area contributed by atoms with Crippen molar-refractivity contribution in [2.45, 2.75) is 12.8 Å². The van der Waals surface area contributed by atoms with Crippen LogP contribution in [0.1, 0.15) is 11.1 Å². The molecule has 6 nitrogen and oxygen atoms in total. The van der Waals surface area contributed by atoms with Gasteiger partial charge in [-0.25, -0.2) is 9.37 Å². The molecule has 1 saturated heterocycles. The van der Waals surface area contributed by atoms with Crippen LogP contribution in [0.5, 0.6) is 5.75 Å². The van der Waals surface area contributed by atoms with Gasteiger partial charge in [0.05, 0.1) is 18.1 Å². The number of nitrogens with two attached hydrogens (primary N) is 1. The van der Waals surface area contributed by atoms with Gasteiger partial charge < -0.3 is 20.7 Å². The molecule has 9 heteroatoms. The molecule has 2 heterocycles. The number of rotatable bonds is 7. The van der Waals surface area contributed by atoms with Gasteiger partial charge in [-0.15, -0.1) is 0 Å². The van der Waals surface area contributed by atoms with Crippen molar-refractivity contribution in [2.75, 3.05) is 38.5 Å². The number of hydrogen-bond acceptors (Lipinski definition) is 5. The lowest BCUT2D eigenvalue weighted by molar-refractivity contribution is -0.131. The summed E-state index contributed by atoms with van der Waals surface area (Å²) in [4.78, 5) is 18.6. The minimum Gasteiger partial charge on any atom is -0.489 e. The molecule has 3 N–H and O–H groups in total. The number of aromatic nitrogens is 1. The third kappa shape index (κ3) is 5.78. The van der Waals surface area contributed by atoms with Crippen molar-refractivity contribution in [1.82, 2.24) is 15.2 Å². The smallest absolute Gasteiger partial charge is 0.227 e. The monoisotopic (exact) mass is 502 g/mol. The van der Waals surface area contributed by atoms with Gasteiger partial charge in [0, 0.05) is 49.4 Å². The molecule has 0 aliphatic carbocycles. The summed E-state index contributed by atoms with van der Waals surface area (Å²) >= 11 is 12.2. The van der Waals surface area contributed by atoms with E-state index in [1.165, 1.54) is 12.1 Å². The third-order valence-electron chi connectivity index (χ3n) is 5.74. The Hall–Kier alpha value is -2.87. The molecule has 0 radical (unpaired) electrons. The standard InChI is InChI=1S/C25H25Cl2FN4O2/c26-20-5-6-21(28)24(27)19(20)7-12-34-22-14-18(15-31-25(22)29)17-3-1-16(2-4-17)13-23(33)32-10-8-30-9-11-32/h1-6,14-15,30H,7-13H2,(H2,29,31). The summed E-state index contributed by atoms with van der Waals surface area (Å²) in [6, 6.07) is 12.3. The van der Waals surface area contributed by atoms with Gasteiger partial charge in [-0.05, 0) is 34.9 Å². The van der Waals surface area contributed by atoms with Gasteiger partial charge in [-0.1, -0.05) is 47.5 Å². The molecule has 0 spiro atoms. The fraction of sp³-hybridized carbons (Fsp3) is 0.280. The lowest BCUT2D eigenvalue weighted by Gasteiger charge is -2.27. The largest absolute Gasteiger partial charge is 0.489 e. The van der Waals surface area contributed by atoms with Gasteiger partial charge in [0.25, 0.3) is 0 Å². The lowest BCUT2D eigenvalue weighted by atomic mass is 10.0. The maximum atomic E-state index is 13.7. The predicted octanol–water partition coefficient (Wildman–Crippen LogP) is 4.37. The number of halogens is 3. The second kappa shape index (κ2) is 11.0. The Morgan fingerprint density at radius 2 is 1.85 bits per heavy atom. The third-order valence-corrected chi connectivity index (χ3v) is 6.51. The zero-order valence-corrected chi connectivity index (χ0v) is 20.0. The number of nitrogens with one attached hydrogen (secondary N) is 1. The van der Waals surface area contributed by atoms with E-state index in [0.717, 1.165) is 42.9 Å². The summed E-state index contributed by atoms with van der Waals surface area (Å²) in [6.07, 6.45) is 2.36. The average molecular weight is 503 g/mol. The first kappa shape index (κ1) is 24.3. The van der Waals surface area contributed by atoms with E-state index >= 15 is 0 Å². The van der Waals surface area contributed by atoms with E-state index in [2.05, 4.69) is 10.3 Å². The zero-order valence-electron chi connectivity index (χ0n) is 18.5. The van der Waals surface area contributed by atoms with Crippen molar-refractivity contribution in [3.63, 3.8) is 0 Å². The van der Waals surface area contributed by atoms with Crippen molar-refractivity contribution >= 4 is 34.9 Å². The van der Waals surface area contributed by atoms with Crippen molar-refractivity contribution in [3.8, 4) is 16.9 Å². The number of nitrogens with zero attached hydrogens (tertiary/aromatic N) is 2. The van der Waals surface area contributed by atoms with Crippen LogP contribution in [-0.4, -0.2) is 48.6 Å². The van der Waals surface area contributed by atoms with Gasteiger partial charge in [0.2, 0.25) is 5.91 Å². The van der Waals surface area contributed by atoms with Crippen LogP contribution in [0.2, 0.25) is 10.0 Å². The van der Waals surface area contributed by atoms with Crippen LogP contribution in [-0.2, 0) is 17.6 Å². The molecule has 4 rings (SSSR count). The van der Waals surface area contributed by atoms with E-state index in [0.29, 0.717) is 29.2 Å². The topological polar surface area (TPSA) is 80.5 Å². The summed E-state index contributed by atoms with van der Waals surface area (Å²) in [6.45, 7) is 3.36. The number of carbonyl (C=O) groups is 1. The normalized spacial score (nSPS) is 13.7. The molecule has 1 fully saturated rings. The Kier molecular flexibility index (Phi) is 7.88. The van der Waals surface area contributed by atoms with Gasteiger partial charge in [0.15, 0.2) is 11.6 Å². The van der Waals surface area contributed by atoms with E-state index < -0.39 is 5.82 Å². The number of anilines is 1. The lowest BCUT2D eigenvalue weighted by Crippen LogP contribution is -2.46. The molecule has 0 saturated carbocycles. The van der Waals surface area contributed by atoms with Gasteiger partial charge >= 0.3 is 0 Å². The number of nitrogen functional groups attached to an aromatic ring is 1. The van der Waals surface area contributed by atoms with Crippen LogP contribution in [0.15, 0.2) is 48.7 Å². The van der Waals surface area contributed by atoms with Crippen LogP contribution in [0.25, 0.3) is 11.1 Å². The highest BCUT2D eigenvalue weighted by molar-refractivity contribution is 6.36. The zero-order chi connectivity index (χ0) is 24.1. The summed E-state index contributed by atoms with van der Waals surface area (Å²) < 4.78 is 19.5. The summed E-state index contributed by atoms with van der Waals surface area (Å²) in [5.41, 5.74) is 9.17. The molecule has 1 amide bonds. The highest BCUT2D eigenvalue weighted by Crippen LogP contribution is 2.30. The van der Waals surface area contributed by atoms with E-state index in [9.17, 15) is 9.18 Å². The molecule has 178 valence electrons. The molecular formula is C25H25Cl2FN4O2. The van der Waals surface area contributed by atoms with Crippen molar-refractivity contribution in [2.24, 2.45) is 0 Å². The number of pyridine rings is 1. The van der Waals surface area contributed by atoms with E-state index in [4.69, 9.17) is 33.7 Å². The molecule has 34 heavy (non-hydrogen) atoms. The minimum atomic E-state index is -0.526. The van der Waals surface area contributed by atoms with Crippen LogP contribution >= 0.6 is 23.2 Å². The number of carbonyl (C=O) groups excluding carboxylic acids is 1. The molecule has 0 atom stereocenters. The molecule has 3 aromatic rings. The number of amides is 1. The Morgan fingerprint density at radius 3 is 2.59 bits per heavy atom. The Bertz CT molecular complexity index is 1170. The van der Waals surface area contributed by atoms with Crippen LogP contribution in [0.4, 0.5) is 10.2 Å². The second-order valence-electron chi connectivity index (χ2n) is 8.03. The van der Waals surface area contributed by atoms with E-state index in [1.54, 1.807) is 12.3 Å². The maximum Gasteiger partial charge on any atom is 0.227 e. The predicted molar refractivity (Wildman–Crippen MR) is 133 cm³/mol. The van der Waals surface area contributed by atoms with Gasteiger partial charge in [0.1, 0.15) is 5.82 Å². The Morgan fingerprint density at radius 1 is 1.12 bits per heavy atom. The van der Waals surface area contributed by atoms with Gasteiger partial charge in [-0.2, -0.15) is 0 Å². The first-order valence-corrected chi connectivity index (χ1v) is 11.8. The highest BCUT2D eigenvalue weighted by Gasteiger charge is 2.16. The van der Waals surface area contributed by atoms with Crippen molar-refractivity contribution in [3.05, 3.63) is 75.7 Å². The number of benzene rings is 2. The van der Waals surface area contributed by atoms with Crippen LogP contribution in [0.3, 0.4) is 0 Å². The highest BCUT2D eigenvalue weighted by atomic mass is 35.5. The fourth-order valence-electron chi connectivity index (χ4n) is 3.81. The quantitative estimate of drug-likeness (QED) is 0.468. The molecule has 1 aliphatic heterocycles. The Balaban J connectivity index is 1.40. The summed E-state index contributed by atoms with van der Waals surface area (Å²) in [5.74, 6) is 0.275. The molecule has 1 aliphatic rings. The van der Waals surface area contributed by atoms with Crippen molar-refractivity contribution in [1.29, 1.82) is 0 Å². The van der Waals surface area contributed by atoms with E-state index in [-0.39, 0.29) is 23.4 Å². The van der Waals surface area contributed by atoms with Gasteiger partial charge in [-0.3, -0.25) is 4.79 Å². The molecular weight excluding hydrogens is 478 g/mol.